The molecular formula is C41H46N6O7. The van der Waals surface area contributed by atoms with Crippen molar-refractivity contribution in [3.8, 4) is 11.5 Å². The van der Waals surface area contributed by atoms with Crippen LogP contribution in [0.1, 0.15) is 69.6 Å². The molecule has 282 valence electrons. The number of aromatic nitrogens is 2. The van der Waals surface area contributed by atoms with E-state index in [1.807, 2.05) is 32.2 Å². The number of esters is 1. The molecule has 0 saturated carbocycles. The molecule has 5 aliphatic heterocycles. The number of fused-ring (bicyclic) bond motifs is 5. The van der Waals surface area contributed by atoms with Gasteiger partial charge in [0.15, 0.2) is 11.0 Å². The molecule has 9 rings (SSSR count). The summed E-state index contributed by atoms with van der Waals surface area (Å²) in [5.74, 6) is 1.03. The summed E-state index contributed by atoms with van der Waals surface area (Å²) >= 11 is 0. The zero-order chi connectivity index (χ0) is 37.5. The van der Waals surface area contributed by atoms with E-state index >= 15 is 0 Å². The fraction of sp³-hybridized carbons (Fsp3) is 0.415. The van der Waals surface area contributed by atoms with Gasteiger partial charge in [-0.3, -0.25) is 4.79 Å². The molecular weight excluding hydrogens is 688 g/mol. The van der Waals surface area contributed by atoms with Crippen molar-refractivity contribution in [3.05, 3.63) is 105 Å². The monoisotopic (exact) mass is 734 g/mol. The Morgan fingerprint density at radius 1 is 1.06 bits per heavy atom. The second-order valence-electron chi connectivity index (χ2n) is 15.9. The van der Waals surface area contributed by atoms with Crippen molar-refractivity contribution in [1.82, 2.24) is 20.2 Å². The van der Waals surface area contributed by atoms with E-state index in [2.05, 4.69) is 50.8 Å². The van der Waals surface area contributed by atoms with Crippen LogP contribution in [0.2, 0.25) is 0 Å². The number of dihydropyridines is 2. The Hall–Kier alpha value is -5.56. The standard InChI is InChI=1S/C41H46N6O7/c1-21-12-29(48)36-30(51-21)17-31-35(37(36)49)26-6-4-5-10-41(39(50)52-38(26)40(2,3)53-31)32(54-41)8-7-22-13-27(46-33(42)14-22)24-15-25(45-34(43)16-24)19-47-18-23-9-11-44-28(23)20-47/h9,11-18,20,25-27,32,38,44-46,49H,4-8,10,19,42-43H2,1-3H3/t25?,26-,27?,32-,38-,41+/m1/s1. The molecule has 0 bridgehead atoms. The van der Waals surface area contributed by atoms with Gasteiger partial charge in [0, 0.05) is 54.1 Å². The average molecular weight is 735 g/mol. The highest BCUT2D eigenvalue weighted by molar-refractivity contribution is 5.88. The predicted octanol–water partition coefficient (Wildman–Crippen LogP) is 4.84. The van der Waals surface area contributed by atoms with E-state index in [0.717, 1.165) is 34.9 Å². The highest BCUT2D eigenvalue weighted by Crippen LogP contribution is 2.54. The summed E-state index contributed by atoms with van der Waals surface area (Å²) in [5, 5.41) is 19.5. The number of carbonyl (C=O) groups excluding carboxylic acids is 1. The number of aromatic hydroxyl groups is 1. The predicted molar refractivity (Wildman–Crippen MR) is 202 cm³/mol. The second kappa shape index (κ2) is 12.5. The van der Waals surface area contributed by atoms with Crippen LogP contribution in [-0.4, -0.2) is 56.1 Å². The molecule has 2 fully saturated rings. The molecule has 6 atom stereocenters. The summed E-state index contributed by atoms with van der Waals surface area (Å²) in [6, 6.07) is 4.90. The van der Waals surface area contributed by atoms with E-state index in [9.17, 15) is 14.7 Å². The van der Waals surface area contributed by atoms with Gasteiger partial charge in [0.1, 0.15) is 39.9 Å². The summed E-state index contributed by atoms with van der Waals surface area (Å²) in [5.41, 5.74) is 14.3. The number of epoxide rings is 1. The van der Waals surface area contributed by atoms with Crippen LogP contribution in [0.3, 0.4) is 0 Å². The summed E-state index contributed by atoms with van der Waals surface area (Å²) in [7, 11) is 0. The molecule has 0 aliphatic carbocycles. The van der Waals surface area contributed by atoms with Crippen LogP contribution in [0.15, 0.2) is 93.1 Å². The number of carbonyl (C=O) groups is 1. The van der Waals surface area contributed by atoms with Crippen molar-refractivity contribution in [2.45, 2.75) is 107 Å². The van der Waals surface area contributed by atoms with E-state index in [4.69, 9.17) is 30.1 Å². The molecule has 0 amide bonds. The Morgan fingerprint density at radius 3 is 2.72 bits per heavy atom. The molecule has 13 nitrogen and oxygen atoms in total. The zero-order valence-electron chi connectivity index (χ0n) is 30.6. The molecule has 4 aromatic rings. The van der Waals surface area contributed by atoms with Crippen molar-refractivity contribution in [2.75, 3.05) is 0 Å². The summed E-state index contributed by atoms with van der Waals surface area (Å²) in [6.07, 6.45) is 17.2. The van der Waals surface area contributed by atoms with Gasteiger partial charge in [0.25, 0.3) is 0 Å². The topological polar surface area (TPSA) is 195 Å². The number of hydrogen-bond acceptors (Lipinski definition) is 11. The minimum absolute atomic E-state index is 0.0127. The molecule has 54 heavy (non-hydrogen) atoms. The van der Waals surface area contributed by atoms with Crippen molar-refractivity contribution < 1.29 is 28.5 Å². The zero-order valence-corrected chi connectivity index (χ0v) is 30.6. The Balaban J connectivity index is 0.908. The van der Waals surface area contributed by atoms with Crippen LogP contribution in [0, 0.1) is 6.92 Å². The third kappa shape index (κ3) is 5.90. The van der Waals surface area contributed by atoms with Gasteiger partial charge in [0.2, 0.25) is 0 Å². The third-order valence-electron chi connectivity index (χ3n) is 11.6. The maximum atomic E-state index is 14.1. The van der Waals surface area contributed by atoms with Crippen molar-refractivity contribution in [3.63, 3.8) is 0 Å². The van der Waals surface area contributed by atoms with Gasteiger partial charge < -0.3 is 55.4 Å². The van der Waals surface area contributed by atoms with E-state index < -0.39 is 23.3 Å². The van der Waals surface area contributed by atoms with E-state index in [-0.39, 0.29) is 46.3 Å². The minimum atomic E-state index is -1.05. The van der Waals surface area contributed by atoms with Gasteiger partial charge in [-0.1, -0.05) is 18.6 Å². The number of H-pyrrole nitrogens is 1. The van der Waals surface area contributed by atoms with E-state index in [1.54, 1.807) is 13.0 Å². The van der Waals surface area contributed by atoms with Crippen molar-refractivity contribution >= 4 is 27.8 Å². The van der Waals surface area contributed by atoms with Crippen LogP contribution >= 0.6 is 0 Å². The number of phenolic OH excluding ortho intramolecular Hbond substituents is 1. The first-order valence-electron chi connectivity index (χ1n) is 18.8. The first kappa shape index (κ1) is 34.2. The fourth-order valence-electron chi connectivity index (χ4n) is 9.08. The highest BCUT2D eigenvalue weighted by atomic mass is 16.7. The lowest BCUT2D eigenvalue weighted by Gasteiger charge is -2.44. The molecule has 3 aromatic heterocycles. The SMILES string of the molecule is Cc1cc(=O)c2c(O)c3c(cc2o1)OC(C)(C)[C@@H]1OC(=O)[C@@]2(CCCC[C@H]31)O[C@@H]2CCC1=CC(C2=CC(Cn3cc4cc[nH]c4c3)NC(N)=C2)NC(N)=C1. The van der Waals surface area contributed by atoms with Gasteiger partial charge in [-0.05, 0) is 82.2 Å². The Labute approximate surface area is 311 Å². The van der Waals surface area contributed by atoms with Gasteiger partial charge in [0.05, 0.1) is 35.3 Å². The van der Waals surface area contributed by atoms with E-state index in [1.165, 1.54) is 6.07 Å². The lowest BCUT2D eigenvalue weighted by atomic mass is 9.77. The van der Waals surface area contributed by atoms with Gasteiger partial charge in [-0.2, -0.15) is 0 Å². The molecule has 8 N–H and O–H groups in total. The number of nitrogens with two attached hydrogens (primary N) is 2. The maximum absolute atomic E-state index is 14.1. The van der Waals surface area contributed by atoms with Crippen LogP contribution < -0.4 is 32.3 Å². The first-order valence-corrected chi connectivity index (χ1v) is 18.8. The molecule has 8 heterocycles. The number of hydrogen-bond donors (Lipinski definition) is 6. The second-order valence-corrected chi connectivity index (χ2v) is 15.9. The number of nitrogens with zero attached hydrogens (tertiary/aromatic N) is 1. The molecule has 1 aromatic carbocycles. The molecule has 13 heteroatoms. The van der Waals surface area contributed by atoms with Crippen LogP contribution in [0.25, 0.3) is 21.9 Å². The molecule has 2 saturated heterocycles. The first-order chi connectivity index (χ1) is 25.9. The average Bonchev–Trinajstić information content (AvgIpc) is 3.38. The Kier molecular flexibility index (Phi) is 7.93. The lowest BCUT2D eigenvalue weighted by Crippen LogP contribution is -2.52. The molecule has 1 spiro atoms. The normalized spacial score (nSPS) is 28.8. The molecule has 0 radical (unpaired) electrons. The van der Waals surface area contributed by atoms with Gasteiger partial charge >= 0.3 is 5.97 Å². The lowest BCUT2D eigenvalue weighted by molar-refractivity contribution is -0.170. The quantitative estimate of drug-likeness (QED) is 0.117. The summed E-state index contributed by atoms with van der Waals surface area (Å²) < 4.78 is 27.0. The number of nitrogens with one attached hydrogen (secondary N) is 3. The summed E-state index contributed by atoms with van der Waals surface area (Å²) in [6.45, 7) is 6.16. The third-order valence-corrected chi connectivity index (χ3v) is 11.6. The van der Waals surface area contributed by atoms with Gasteiger partial charge in [-0.15, -0.1) is 0 Å². The smallest absolute Gasteiger partial charge is 0.341 e. The van der Waals surface area contributed by atoms with Crippen molar-refractivity contribution in [1.29, 1.82) is 0 Å². The highest BCUT2D eigenvalue weighted by Gasteiger charge is 2.64. The summed E-state index contributed by atoms with van der Waals surface area (Å²) in [4.78, 5) is 30.3. The number of phenols is 1. The fourth-order valence-corrected chi connectivity index (χ4v) is 9.08. The maximum Gasteiger partial charge on any atom is 0.341 e. The number of rotatable bonds is 6. The van der Waals surface area contributed by atoms with Crippen LogP contribution in [0.5, 0.6) is 11.5 Å². The number of aromatic amines is 1. The van der Waals surface area contributed by atoms with Crippen LogP contribution in [-0.2, 0) is 20.8 Å². The largest absolute Gasteiger partial charge is 0.507 e. The van der Waals surface area contributed by atoms with E-state index in [0.29, 0.717) is 60.9 Å². The molecule has 2 unspecified atom stereocenters. The number of aryl methyl sites for hydroxylation is 1. The minimum Gasteiger partial charge on any atom is -0.507 e. The van der Waals surface area contributed by atoms with Gasteiger partial charge in [-0.25, -0.2) is 4.79 Å². The Bertz CT molecular complexity index is 2350. The number of allylic oxidation sites excluding steroid dienone is 2. The molecule has 5 aliphatic rings. The van der Waals surface area contributed by atoms with Crippen LogP contribution in [0.4, 0.5) is 0 Å². The Morgan fingerprint density at radius 2 is 1.89 bits per heavy atom. The van der Waals surface area contributed by atoms with Crippen molar-refractivity contribution in [2.24, 2.45) is 11.5 Å². The number of ether oxygens (including phenoxy) is 3. The number of benzene rings is 1.